The molecule has 0 atom stereocenters. The summed E-state index contributed by atoms with van der Waals surface area (Å²) >= 11 is 4.84. The molecular weight excluding hydrogens is 400 g/mol. The minimum atomic E-state index is -2.84. The largest absolute Gasteiger partial charge is 0.435 e. The first-order valence-electron chi connectivity index (χ1n) is 7.10. The molecule has 2 rings (SSSR count). The fraction of sp³-hybridized carbons (Fsp3) is 0.235. The van der Waals surface area contributed by atoms with Gasteiger partial charge in [0, 0.05) is 23.0 Å². The molecule has 0 spiro atoms. The van der Waals surface area contributed by atoms with Crippen molar-refractivity contribution < 1.29 is 18.3 Å². The molecule has 0 aliphatic rings. The number of alkyl halides is 2. The van der Waals surface area contributed by atoms with Crippen LogP contribution in [-0.4, -0.2) is 30.2 Å². The highest BCUT2D eigenvalue weighted by Gasteiger charge is 2.10. The van der Waals surface area contributed by atoms with Gasteiger partial charge in [-0.3, -0.25) is 4.79 Å². The molecule has 0 bridgehead atoms. The van der Waals surface area contributed by atoms with E-state index in [1.807, 2.05) is 24.3 Å². The molecule has 3 nitrogen and oxygen atoms in total. The monoisotopic (exact) mass is 415 g/mol. The normalized spacial score (nSPS) is 10.7. The number of nitrogens with zero attached hydrogens (tertiary/aromatic N) is 1. The Morgan fingerprint density at radius 3 is 2.38 bits per heavy atom. The molecule has 0 fully saturated rings. The van der Waals surface area contributed by atoms with E-state index in [2.05, 4.69) is 20.7 Å². The van der Waals surface area contributed by atoms with Crippen molar-refractivity contribution in [2.75, 3.05) is 12.8 Å². The standard InChI is InChI=1S/C17H16BrF2NO2S/c1-21(10-12-2-6-14(7-3-12)23-17(19)20)16(22)11-24-15-8-4-13(18)5-9-15/h2-9,17H,10-11H2,1H3. The van der Waals surface area contributed by atoms with Gasteiger partial charge in [0.15, 0.2) is 0 Å². The zero-order valence-corrected chi connectivity index (χ0v) is 15.3. The first-order chi connectivity index (χ1) is 11.4. The van der Waals surface area contributed by atoms with Gasteiger partial charge in [0.25, 0.3) is 0 Å². The van der Waals surface area contributed by atoms with Crippen LogP contribution in [0.4, 0.5) is 8.78 Å². The average molecular weight is 416 g/mol. The summed E-state index contributed by atoms with van der Waals surface area (Å²) < 4.78 is 29.5. The van der Waals surface area contributed by atoms with E-state index in [1.165, 1.54) is 23.9 Å². The molecule has 2 aromatic carbocycles. The lowest BCUT2D eigenvalue weighted by atomic mass is 10.2. The Kier molecular flexibility index (Phi) is 7.05. The Morgan fingerprint density at radius 2 is 1.79 bits per heavy atom. The number of carbonyl (C=O) groups excluding carboxylic acids is 1. The Bertz CT molecular complexity index is 665. The van der Waals surface area contributed by atoms with Crippen molar-refractivity contribution in [3.63, 3.8) is 0 Å². The lowest BCUT2D eigenvalue weighted by Gasteiger charge is -2.17. The molecule has 0 aliphatic heterocycles. The smallest absolute Gasteiger partial charge is 0.387 e. The summed E-state index contributed by atoms with van der Waals surface area (Å²) in [7, 11) is 1.72. The quantitative estimate of drug-likeness (QED) is 0.608. The summed E-state index contributed by atoms with van der Waals surface area (Å²) in [6.07, 6.45) is 0. The van der Waals surface area contributed by atoms with Gasteiger partial charge in [-0.25, -0.2) is 0 Å². The van der Waals surface area contributed by atoms with Crippen molar-refractivity contribution in [1.82, 2.24) is 4.90 Å². The maximum absolute atomic E-state index is 12.2. The summed E-state index contributed by atoms with van der Waals surface area (Å²) in [6, 6.07) is 14.0. The van der Waals surface area contributed by atoms with E-state index in [9.17, 15) is 13.6 Å². The van der Waals surface area contributed by atoms with Crippen molar-refractivity contribution in [3.8, 4) is 5.75 Å². The van der Waals surface area contributed by atoms with Crippen molar-refractivity contribution in [3.05, 3.63) is 58.6 Å². The topological polar surface area (TPSA) is 29.5 Å². The molecule has 24 heavy (non-hydrogen) atoms. The average Bonchev–Trinajstić information content (AvgIpc) is 2.55. The summed E-state index contributed by atoms with van der Waals surface area (Å²) in [4.78, 5) is 14.8. The molecule has 0 heterocycles. The maximum Gasteiger partial charge on any atom is 0.387 e. The molecule has 0 saturated heterocycles. The number of rotatable bonds is 7. The van der Waals surface area contributed by atoms with Crippen LogP contribution in [0.3, 0.4) is 0 Å². The van der Waals surface area contributed by atoms with Crippen LogP contribution >= 0.6 is 27.7 Å². The van der Waals surface area contributed by atoms with E-state index < -0.39 is 6.61 Å². The van der Waals surface area contributed by atoms with Gasteiger partial charge < -0.3 is 9.64 Å². The van der Waals surface area contributed by atoms with E-state index in [0.29, 0.717) is 12.3 Å². The number of hydrogen-bond acceptors (Lipinski definition) is 3. The summed E-state index contributed by atoms with van der Waals surface area (Å²) in [6.45, 7) is -2.43. The Balaban J connectivity index is 1.83. The van der Waals surface area contributed by atoms with Crippen LogP contribution in [0.5, 0.6) is 5.75 Å². The summed E-state index contributed by atoms with van der Waals surface area (Å²) in [5.74, 6) is 0.439. The van der Waals surface area contributed by atoms with Gasteiger partial charge in [-0.15, -0.1) is 11.8 Å². The van der Waals surface area contributed by atoms with Gasteiger partial charge in [0.05, 0.1) is 5.75 Å². The third-order valence-corrected chi connectivity index (χ3v) is 4.70. The second kappa shape index (κ2) is 9.03. The number of halogens is 3. The predicted molar refractivity (Wildman–Crippen MR) is 94.4 cm³/mol. The molecule has 2 aromatic rings. The molecule has 128 valence electrons. The molecule has 7 heteroatoms. The lowest BCUT2D eigenvalue weighted by molar-refractivity contribution is -0.127. The predicted octanol–water partition coefficient (Wildman–Crippen LogP) is 4.80. The lowest BCUT2D eigenvalue weighted by Crippen LogP contribution is -2.27. The first-order valence-corrected chi connectivity index (χ1v) is 8.88. The number of benzene rings is 2. The van der Waals surface area contributed by atoms with E-state index in [-0.39, 0.29) is 11.7 Å². The fourth-order valence-electron chi connectivity index (χ4n) is 1.92. The van der Waals surface area contributed by atoms with Crippen molar-refractivity contribution in [1.29, 1.82) is 0 Å². The van der Waals surface area contributed by atoms with Crippen LogP contribution < -0.4 is 4.74 Å². The van der Waals surface area contributed by atoms with Gasteiger partial charge in [0.2, 0.25) is 5.91 Å². The van der Waals surface area contributed by atoms with E-state index >= 15 is 0 Å². The molecule has 0 N–H and O–H groups in total. The number of ether oxygens (including phenoxy) is 1. The summed E-state index contributed by atoms with van der Waals surface area (Å²) in [5, 5.41) is 0. The van der Waals surface area contributed by atoms with Crippen LogP contribution in [0, 0.1) is 0 Å². The number of carbonyl (C=O) groups is 1. The van der Waals surface area contributed by atoms with Crippen molar-refractivity contribution in [2.45, 2.75) is 18.1 Å². The summed E-state index contributed by atoms with van der Waals surface area (Å²) in [5.41, 5.74) is 0.848. The third kappa shape index (κ3) is 6.13. The number of thioether (sulfide) groups is 1. The molecule has 0 aromatic heterocycles. The molecule has 0 unspecified atom stereocenters. The van der Waals surface area contributed by atoms with Crippen LogP contribution in [0.15, 0.2) is 57.9 Å². The Morgan fingerprint density at radius 1 is 1.17 bits per heavy atom. The zero-order chi connectivity index (χ0) is 17.5. The van der Waals surface area contributed by atoms with Crippen LogP contribution in [-0.2, 0) is 11.3 Å². The van der Waals surface area contributed by atoms with Gasteiger partial charge in [-0.05, 0) is 42.0 Å². The van der Waals surface area contributed by atoms with Gasteiger partial charge in [-0.2, -0.15) is 8.78 Å². The van der Waals surface area contributed by atoms with Crippen molar-refractivity contribution >= 4 is 33.6 Å². The van der Waals surface area contributed by atoms with Crippen molar-refractivity contribution in [2.24, 2.45) is 0 Å². The van der Waals surface area contributed by atoms with E-state index in [4.69, 9.17) is 0 Å². The molecule has 0 aliphatic carbocycles. The van der Waals surface area contributed by atoms with Gasteiger partial charge >= 0.3 is 6.61 Å². The minimum absolute atomic E-state index is 0.00387. The van der Waals surface area contributed by atoms with Crippen LogP contribution in [0.2, 0.25) is 0 Å². The first kappa shape index (κ1) is 18.7. The van der Waals surface area contributed by atoms with Gasteiger partial charge in [0.1, 0.15) is 5.75 Å². The third-order valence-electron chi connectivity index (χ3n) is 3.17. The van der Waals surface area contributed by atoms with Crippen LogP contribution in [0.1, 0.15) is 5.56 Å². The fourth-order valence-corrected chi connectivity index (χ4v) is 3.03. The molecule has 0 radical (unpaired) electrons. The van der Waals surface area contributed by atoms with E-state index in [0.717, 1.165) is 14.9 Å². The minimum Gasteiger partial charge on any atom is -0.435 e. The zero-order valence-electron chi connectivity index (χ0n) is 12.9. The maximum atomic E-state index is 12.2. The second-order valence-corrected chi connectivity index (χ2v) is 6.98. The Labute approximate surface area is 152 Å². The van der Waals surface area contributed by atoms with E-state index in [1.54, 1.807) is 24.1 Å². The molecule has 0 saturated carbocycles. The number of amides is 1. The molecular formula is C17H16BrF2NO2S. The Hall–Kier alpha value is -1.60. The van der Waals surface area contributed by atoms with Crippen LogP contribution in [0.25, 0.3) is 0 Å². The SMILES string of the molecule is CN(Cc1ccc(OC(F)F)cc1)C(=O)CSc1ccc(Br)cc1. The number of hydrogen-bond donors (Lipinski definition) is 0. The van der Waals surface area contributed by atoms with Gasteiger partial charge in [-0.1, -0.05) is 28.1 Å². The highest BCUT2D eigenvalue weighted by Crippen LogP contribution is 2.21. The highest BCUT2D eigenvalue weighted by molar-refractivity contribution is 9.10. The highest BCUT2D eigenvalue weighted by atomic mass is 79.9. The molecule has 1 amide bonds. The second-order valence-electron chi connectivity index (χ2n) is 5.01.